The van der Waals surface area contributed by atoms with Crippen LogP contribution in [0.2, 0.25) is 5.02 Å². The molecule has 0 atom stereocenters. The molecular weight excluding hydrogens is 288 g/mol. The molecule has 0 aliphatic carbocycles. The number of aryl methyl sites for hydroxylation is 3. The second-order valence-electron chi connectivity index (χ2n) is 5.03. The van der Waals surface area contributed by atoms with Crippen LogP contribution in [0.25, 0.3) is 0 Å². The first kappa shape index (κ1) is 15.4. The van der Waals surface area contributed by atoms with Crippen molar-refractivity contribution in [2.24, 2.45) is 0 Å². The Morgan fingerprint density at radius 3 is 2.71 bits per heavy atom. The van der Waals surface area contributed by atoms with Crippen LogP contribution in [-0.4, -0.2) is 22.2 Å². The van der Waals surface area contributed by atoms with Crippen molar-refractivity contribution in [1.29, 1.82) is 0 Å². The molecule has 0 saturated carbocycles. The van der Waals surface area contributed by atoms with Crippen molar-refractivity contribution in [3.63, 3.8) is 0 Å². The lowest BCUT2D eigenvalue weighted by molar-refractivity contribution is 0.0952. The van der Waals surface area contributed by atoms with Gasteiger partial charge in [0.1, 0.15) is 0 Å². The number of rotatable bonds is 5. The second kappa shape index (κ2) is 6.63. The van der Waals surface area contributed by atoms with Gasteiger partial charge in [0.2, 0.25) is 0 Å². The first-order chi connectivity index (χ1) is 9.95. The molecule has 0 fully saturated rings. The Balaban J connectivity index is 1.83. The van der Waals surface area contributed by atoms with Gasteiger partial charge < -0.3 is 11.1 Å². The Morgan fingerprint density at radius 2 is 2.10 bits per heavy atom. The first-order valence-electron chi connectivity index (χ1n) is 6.81. The minimum atomic E-state index is -0.169. The number of hydrogen-bond acceptors (Lipinski definition) is 3. The van der Waals surface area contributed by atoms with E-state index in [1.165, 1.54) is 0 Å². The van der Waals surface area contributed by atoms with Gasteiger partial charge in [-0.05, 0) is 44.5 Å². The number of hydrogen-bond donors (Lipinski definition) is 2. The molecule has 0 saturated heterocycles. The molecule has 112 valence electrons. The number of halogens is 1. The van der Waals surface area contributed by atoms with Crippen LogP contribution >= 0.6 is 11.6 Å². The largest absolute Gasteiger partial charge is 0.399 e. The van der Waals surface area contributed by atoms with Gasteiger partial charge in [-0.3, -0.25) is 9.48 Å². The lowest BCUT2D eigenvalue weighted by atomic mass is 10.2. The maximum Gasteiger partial charge on any atom is 0.251 e. The van der Waals surface area contributed by atoms with E-state index in [2.05, 4.69) is 10.4 Å². The van der Waals surface area contributed by atoms with Crippen molar-refractivity contribution in [3.8, 4) is 0 Å². The van der Waals surface area contributed by atoms with Crippen molar-refractivity contribution < 1.29 is 4.79 Å². The highest BCUT2D eigenvalue weighted by Crippen LogP contribution is 2.16. The van der Waals surface area contributed by atoms with Crippen molar-refractivity contribution in [2.75, 3.05) is 12.3 Å². The van der Waals surface area contributed by atoms with Gasteiger partial charge in [0.05, 0.1) is 5.69 Å². The average Bonchev–Trinajstić information content (AvgIpc) is 2.71. The average molecular weight is 307 g/mol. The van der Waals surface area contributed by atoms with Gasteiger partial charge in [-0.2, -0.15) is 5.10 Å². The molecule has 5 nitrogen and oxygen atoms in total. The Kier molecular flexibility index (Phi) is 4.85. The quantitative estimate of drug-likeness (QED) is 0.658. The Bertz CT molecular complexity index is 631. The summed E-state index contributed by atoms with van der Waals surface area (Å²) in [6.07, 6.45) is 0.809. The third kappa shape index (κ3) is 4.23. The molecule has 1 amide bonds. The van der Waals surface area contributed by atoms with Crippen LogP contribution in [0, 0.1) is 13.8 Å². The monoisotopic (exact) mass is 306 g/mol. The predicted octanol–water partition coefficient (Wildman–Crippen LogP) is 2.56. The third-order valence-corrected chi connectivity index (χ3v) is 3.34. The molecule has 2 rings (SSSR count). The fourth-order valence-corrected chi connectivity index (χ4v) is 2.42. The zero-order chi connectivity index (χ0) is 15.4. The molecule has 0 aliphatic rings. The van der Waals surface area contributed by atoms with Gasteiger partial charge in [-0.25, -0.2) is 0 Å². The summed E-state index contributed by atoms with van der Waals surface area (Å²) in [6.45, 7) is 5.34. The van der Waals surface area contributed by atoms with Crippen LogP contribution in [0.5, 0.6) is 0 Å². The van der Waals surface area contributed by atoms with Crippen molar-refractivity contribution in [2.45, 2.75) is 26.8 Å². The zero-order valence-electron chi connectivity index (χ0n) is 12.2. The molecule has 0 radical (unpaired) electrons. The topological polar surface area (TPSA) is 72.9 Å². The molecule has 6 heteroatoms. The van der Waals surface area contributed by atoms with Gasteiger partial charge in [0.25, 0.3) is 5.91 Å². The number of amides is 1. The standard InChI is InChI=1S/C15H19ClN4O/c1-10-6-11(2)20(19-10)5-3-4-18-15(21)12-7-13(16)9-14(17)8-12/h6-9H,3-5,17H2,1-2H3,(H,18,21). The summed E-state index contributed by atoms with van der Waals surface area (Å²) < 4.78 is 1.94. The van der Waals surface area contributed by atoms with E-state index in [1.54, 1.807) is 18.2 Å². The molecule has 2 aromatic rings. The van der Waals surface area contributed by atoms with Crippen LogP contribution in [0.1, 0.15) is 28.2 Å². The molecule has 0 spiro atoms. The molecule has 1 heterocycles. The zero-order valence-corrected chi connectivity index (χ0v) is 12.9. The van der Waals surface area contributed by atoms with Crippen LogP contribution in [0.4, 0.5) is 5.69 Å². The van der Waals surface area contributed by atoms with Crippen molar-refractivity contribution in [1.82, 2.24) is 15.1 Å². The second-order valence-corrected chi connectivity index (χ2v) is 5.47. The van der Waals surface area contributed by atoms with E-state index in [1.807, 2.05) is 24.6 Å². The Hall–Kier alpha value is -2.01. The number of aromatic nitrogens is 2. The summed E-state index contributed by atoms with van der Waals surface area (Å²) in [5.41, 5.74) is 8.76. The summed E-state index contributed by atoms with van der Waals surface area (Å²) in [6, 6.07) is 6.87. The smallest absolute Gasteiger partial charge is 0.251 e. The van der Waals surface area contributed by atoms with Gasteiger partial charge in [0.15, 0.2) is 0 Å². The number of nitrogens with one attached hydrogen (secondary N) is 1. The fourth-order valence-electron chi connectivity index (χ4n) is 2.18. The van der Waals surface area contributed by atoms with Gasteiger partial charge in [0, 0.05) is 35.1 Å². The number of nitrogens with two attached hydrogens (primary N) is 1. The maximum absolute atomic E-state index is 12.0. The van der Waals surface area contributed by atoms with Gasteiger partial charge >= 0.3 is 0 Å². The highest BCUT2D eigenvalue weighted by atomic mass is 35.5. The highest BCUT2D eigenvalue weighted by molar-refractivity contribution is 6.31. The fraction of sp³-hybridized carbons (Fsp3) is 0.333. The predicted molar refractivity (Wildman–Crippen MR) is 84.5 cm³/mol. The van der Waals surface area contributed by atoms with Crippen molar-refractivity contribution in [3.05, 3.63) is 46.2 Å². The summed E-state index contributed by atoms with van der Waals surface area (Å²) in [7, 11) is 0. The molecule has 0 unspecified atom stereocenters. The van der Waals surface area contributed by atoms with Crippen LogP contribution < -0.4 is 11.1 Å². The van der Waals surface area contributed by atoms with Crippen LogP contribution in [0.3, 0.4) is 0 Å². The minimum Gasteiger partial charge on any atom is -0.399 e. The number of nitrogen functional groups attached to an aromatic ring is 1. The highest BCUT2D eigenvalue weighted by Gasteiger charge is 2.07. The molecule has 1 aromatic heterocycles. The lowest BCUT2D eigenvalue weighted by Crippen LogP contribution is -2.25. The molecular formula is C15H19ClN4O. The van der Waals surface area contributed by atoms with Crippen LogP contribution in [0.15, 0.2) is 24.3 Å². The summed E-state index contributed by atoms with van der Waals surface area (Å²) in [5, 5.41) is 7.69. The molecule has 3 N–H and O–H groups in total. The number of carbonyl (C=O) groups is 1. The van der Waals surface area contributed by atoms with E-state index >= 15 is 0 Å². The first-order valence-corrected chi connectivity index (χ1v) is 7.19. The molecule has 1 aromatic carbocycles. The minimum absolute atomic E-state index is 0.169. The lowest BCUT2D eigenvalue weighted by Gasteiger charge is -2.07. The van der Waals surface area contributed by atoms with E-state index in [4.69, 9.17) is 17.3 Å². The van der Waals surface area contributed by atoms with Crippen LogP contribution in [-0.2, 0) is 6.54 Å². The SMILES string of the molecule is Cc1cc(C)n(CCCNC(=O)c2cc(N)cc(Cl)c2)n1. The Morgan fingerprint density at radius 1 is 1.33 bits per heavy atom. The van der Waals surface area contributed by atoms with E-state index in [0.717, 1.165) is 24.4 Å². The maximum atomic E-state index is 12.0. The van der Waals surface area contributed by atoms with Gasteiger partial charge in [-0.15, -0.1) is 0 Å². The summed E-state index contributed by atoms with van der Waals surface area (Å²) in [5.74, 6) is -0.169. The van der Waals surface area contributed by atoms with E-state index in [9.17, 15) is 4.79 Å². The van der Waals surface area contributed by atoms with Gasteiger partial charge in [-0.1, -0.05) is 11.6 Å². The summed E-state index contributed by atoms with van der Waals surface area (Å²) in [4.78, 5) is 12.0. The Labute approximate surface area is 129 Å². The molecule has 21 heavy (non-hydrogen) atoms. The van der Waals surface area contributed by atoms with E-state index in [-0.39, 0.29) is 5.91 Å². The number of carbonyl (C=O) groups excluding carboxylic acids is 1. The number of benzene rings is 1. The molecule has 0 aliphatic heterocycles. The summed E-state index contributed by atoms with van der Waals surface area (Å²) >= 11 is 5.88. The third-order valence-electron chi connectivity index (χ3n) is 3.12. The van der Waals surface area contributed by atoms with E-state index < -0.39 is 0 Å². The van der Waals surface area contributed by atoms with Crippen molar-refractivity contribution >= 4 is 23.2 Å². The van der Waals surface area contributed by atoms with E-state index in [0.29, 0.717) is 22.8 Å². The number of anilines is 1. The normalized spacial score (nSPS) is 10.6. The molecule has 0 bridgehead atoms. The number of nitrogens with zero attached hydrogens (tertiary/aromatic N) is 2.